The molecule has 13 heteroatoms. The number of benzene rings is 2. The normalized spacial score (nSPS) is 11.4. The van der Waals surface area contributed by atoms with Gasteiger partial charge in [-0.3, -0.25) is 9.59 Å². The van der Waals surface area contributed by atoms with Gasteiger partial charge in [0.05, 0.1) is 22.6 Å². The monoisotopic (exact) mass is 516 g/mol. The number of fused-ring (bicyclic) bond motifs is 1. The summed E-state index contributed by atoms with van der Waals surface area (Å²) in [5, 5.41) is 13.5. The molecule has 0 atom stereocenters. The van der Waals surface area contributed by atoms with Gasteiger partial charge in [-0.1, -0.05) is 6.07 Å². The first-order chi connectivity index (χ1) is 16.6. The summed E-state index contributed by atoms with van der Waals surface area (Å²) in [7, 11) is -3.93. The fourth-order valence-corrected chi connectivity index (χ4v) is 4.69. The standard InChI is InChI=1S/C22H17FN4O6S2/c1-2-33-22(30)18-16-11-34-20(25-19(28)12-6-8-15(9-7-12)35(24,31)32)17(16)21(29)27(26-18)14-5-3-4-13(23)10-14/h3-11H,2H2,1H3,(H,25,28)(H2,24,31,32). The number of carbonyl (C=O) groups is 2. The number of rotatable bonds is 6. The van der Waals surface area contributed by atoms with E-state index >= 15 is 0 Å². The molecule has 0 fully saturated rings. The van der Waals surface area contributed by atoms with Crippen LogP contribution in [0.2, 0.25) is 0 Å². The Labute approximate surface area is 201 Å². The smallest absolute Gasteiger partial charge is 0.359 e. The molecule has 1 amide bonds. The van der Waals surface area contributed by atoms with E-state index in [9.17, 15) is 27.2 Å². The summed E-state index contributed by atoms with van der Waals surface area (Å²) in [6.45, 7) is 1.67. The molecule has 2 heterocycles. The predicted molar refractivity (Wildman–Crippen MR) is 127 cm³/mol. The number of thiophene rings is 1. The van der Waals surface area contributed by atoms with Crippen LogP contribution in [0, 0.1) is 5.82 Å². The van der Waals surface area contributed by atoms with Gasteiger partial charge in [-0.15, -0.1) is 11.3 Å². The van der Waals surface area contributed by atoms with Crippen molar-refractivity contribution in [3.8, 4) is 5.69 Å². The molecule has 2 aromatic carbocycles. The third kappa shape index (κ3) is 4.82. The number of hydrogen-bond acceptors (Lipinski definition) is 8. The van der Waals surface area contributed by atoms with E-state index in [4.69, 9.17) is 9.88 Å². The second-order valence-corrected chi connectivity index (χ2v) is 9.58. The molecule has 180 valence electrons. The Balaban J connectivity index is 1.83. The van der Waals surface area contributed by atoms with Crippen molar-refractivity contribution in [3.05, 3.63) is 81.3 Å². The molecule has 35 heavy (non-hydrogen) atoms. The number of amides is 1. The van der Waals surface area contributed by atoms with E-state index in [2.05, 4.69) is 10.4 Å². The van der Waals surface area contributed by atoms with Crippen molar-refractivity contribution < 1.29 is 27.1 Å². The lowest BCUT2D eigenvalue weighted by Crippen LogP contribution is -2.25. The second-order valence-electron chi connectivity index (χ2n) is 7.14. The minimum Gasteiger partial charge on any atom is -0.461 e. The van der Waals surface area contributed by atoms with Crippen LogP contribution in [0.1, 0.15) is 27.8 Å². The summed E-state index contributed by atoms with van der Waals surface area (Å²) in [6, 6.07) is 9.98. The van der Waals surface area contributed by atoms with Crippen molar-refractivity contribution >= 4 is 49.0 Å². The minimum atomic E-state index is -3.93. The molecule has 0 aliphatic carbocycles. The SMILES string of the molecule is CCOC(=O)c1nn(-c2cccc(F)c2)c(=O)c2c(NC(=O)c3ccc(S(N)(=O)=O)cc3)scc12. The molecule has 0 aliphatic rings. The molecule has 0 saturated carbocycles. The van der Waals surface area contributed by atoms with Gasteiger partial charge in [0.2, 0.25) is 10.0 Å². The summed E-state index contributed by atoms with van der Waals surface area (Å²) in [5.41, 5.74) is -0.701. The van der Waals surface area contributed by atoms with Gasteiger partial charge >= 0.3 is 5.97 Å². The van der Waals surface area contributed by atoms with Gasteiger partial charge in [0, 0.05) is 16.3 Å². The van der Waals surface area contributed by atoms with Crippen LogP contribution in [0.15, 0.2) is 63.6 Å². The number of nitrogens with two attached hydrogens (primary N) is 1. The van der Waals surface area contributed by atoms with Gasteiger partial charge < -0.3 is 10.1 Å². The highest BCUT2D eigenvalue weighted by Gasteiger charge is 2.23. The van der Waals surface area contributed by atoms with Crippen LogP contribution in [0.5, 0.6) is 0 Å². The maximum Gasteiger partial charge on any atom is 0.359 e. The third-order valence-electron chi connectivity index (χ3n) is 4.85. The quantitative estimate of drug-likeness (QED) is 0.374. The third-order valence-corrected chi connectivity index (χ3v) is 6.67. The first kappa shape index (κ1) is 24.2. The van der Waals surface area contributed by atoms with Crippen molar-refractivity contribution in [3.63, 3.8) is 0 Å². The molecule has 0 spiro atoms. The first-order valence-electron chi connectivity index (χ1n) is 10.0. The average Bonchev–Trinajstić information content (AvgIpc) is 3.23. The zero-order valence-electron chi connectivity index (χ0n) is 18.0. The van der Waals surface area contributed by atoms with Gasteiger partial charge in [0.1, 0.15) is 10.8 Å². The Morgan fingerprint density at radius 3 is 2.54 bits per heavy atom. The molecule has 0 bridgehead atoms. The Kier molecular flexibility index (Phi) is 6.47. The summed E-state index contributed by atoms with van der Waals surface area (Å²) < 4.78 is 42.6. The highest BCUT2D eigenvalue weighted by molar-refractivity contribution is 7.89. The van der Waals surface area contributed by atoms with Crippen molar-refractivity contribution in [1.29, 1.82) is 0 Å². The van der Waals surface area contributed by atoms with E-state index in [-0.39, 0.29) is 44.2 Å². The van der Waals surface area contributed by atoms with Crippen LogP contribution in [0.25, 0.3) is 16.5 Å². The summed E-state index contributed by atoms with van der Waals surface area (Å²) in [6.07, 6.45) is 0. The van der Waals surface area contributed by atoms with Crippen molar-refractivity contribution in [1.82, 2.24) is 9.78 Å². The van der Waals surface area contributed by atoms with Crippen LogP contribution in [-0.2, 0) is 14.8 Å². The molecular formula is C22H17FN4O6S2. The van der Waals surface area contributed by atoms with E-state index in [1.807, 2.05) is 0 Å². The average molecular weight is 517 g/mol. The molecule has 4 aromatic rings. The van der Waals surface area contributed by atoms with Crippen molar-refractivity contribution in [2.75, 3.05) is 11.9 Å². The topological polar surface area (TPSA) is 150 Å². The number of ether oxygens (including phenoxy) is 1. The van der Waals surface area contributed by atoms with Crippen LogP contribution in [-0.4, -0.2) is 36.7 Å². The fourth-order valence-electron chi connectivity index (χ4n) is 3.25. The molecule has 10 nitrogen and oxygen atoms in total. The zero-order chi connectivity index (χ0) is 25.3. The fraction of sp³-hybridized carbons (Fsp3) is 0.0909. The molecule has 0 unspecified atom stereocenters. The molecule has 3 N–H and O–H groups in total. The number of nitrogens with one attached hydrogen (secondary N) is 1. The lowest BCUT2D eigenvalue weighted by atomic mass is 10.2. The molecule has 2 aromatic heterocycles. The van der Waals surface area contributed by atoms with Gasteiger partial charge in [0.25, 0.3) is 11.5 Å². The molecule has 0 aliphatic heterocycles. The zero-order valence-corrected chi connectivity index (χ0v) is 19.7. The maximum atomic E-state index is 13.8. The Hall–Kier alpha value is -3.94. The minimum absolute atomic E-state index is 0.0215. The van der Waals surface area contributed by atoms with Crippen LogP contribution in [0.3, 0.4) is 0 Å². The lowest BCUT2D eigenvalue weighted by molar-refractivity contribution is 0.0520. The number of anilines is 1. The molecule has 4 rings (SSSR count). The number of hydrogen-bond donors (Lipinski definition) is 2. The number of esters is 1. The van der Waals surface area contributed by atoms with E-state index in [0.717, 1.165) is 22.1 Å². The summed E-state index contributed by atoms with van der Waals surface area (Å²) >= 11 is 0.981. The number of nitrogens with zero attached hydrogens (tertiary/aromatic N) is 2. The van der Waals surface area contributed by atoms with Crippen LogP contribution < -0.4 is 16.0 Å². The summed E-state index contributed by atoms with van der Waals surface area (Å²) in [4.78, 5) is 38.5. The van der Waals surface area contributed by atoms with Gasteiger partial charge in [-0.05, 0) is 49.4 Å². The van der Waals surface area contributed by atoms with Crippen LogP contribution >= 0.6 is 11.3 Å². The largest absolute Gasteiger partial charge is 0.461 e. The van der Waals surface area contributed by atoms with E-state index in [1.54, 1.807) is 6.92 Å². The molecule has 0 saturated heterocycles. The number of sulfonamides is 1. The maximum absolute atomic E-state index is 13.8. The number of carbonyl (C=O) groups excluding carboxylic acids is 2. The summed E-state index contributed by atoms with van der Waals surface area (Å²) in [5.74, 6) is -2.05. The number of aromatic nitrogens is 2. The van der Waals surface area contributed by atoms with E-state index in [0.29, 0.717) is 0 Å². The van der Waals surface area contributed by atoms with E-state index in [1.165, 1.54) is 47.8 Å². The second kappa shape index (κ2) is 9.37. The predicted octanol–water partition coefficient (Wildman–Crippen LogP) is 2.66. The number of primary sulfonamides is 1. The van der Waals surface area contributed by atoms with Crippen LogP contribution in [0.4, 0.5) is 9.39 Å². The Morgan fingerprint density at radius 2 is 1.91 bits per heavy atom. The van der Waals surface area contributed by atoms with E-state index < -0.39 is 33.3 Å². The van der Waals surface area contributed by atoms with Crippen molar-refractivity contribution in [2.24, 2.45) is 5.14 Å². The Bertz CT molecular complexity index is 1630. The molecule has 0 radical (unpaired) electrons. The first-order valence-corrected chi connectivity index (χ1v) is 12.4. The highest BCUT2D eigenvalue weighted by Crippen LogP contribution is 2.31. The molecular weight excluding hydrogens is 499 g/mol. The van der Waals surface area contributed by atoms with Gasteiger partial charge in [0.15, 0.2) is 5.69 Å². The van der Waals surface area contributed by atoms with Crippen molar-refractivity contribution in [2.45, 2.75) is 11.8 Å². The lowest BCUT2D eigenvalue weighted by Gasteiger charge is -2.10. The number of halogens is 1. The Morgan fingerprint density at radius 1 is 1.20 bits per heavy atom. The van der Waals surface area contributed by atoms with Gasteiger partial charge in [-0.2, -0.15) is 9.78 Å². The highest BCUT2D eigenvalue weighted by atomic mass is 32.2. The van der Waals surface area contributed by atoms with Gasteiger partial charge in [-0.25, -0.2) is 22.7 Å².